The Kier molecular flexibility index (Phi) is 4.35. The average Bonchev–Trinajstić information content (AvgIpc) is 2.46. The molecule has 0 saturated carbocycles. The maximum absolute atomic E-state index is 11.8. The summed E-state index contributed by atoms with van der Waals surface area (Å²) in [5, 5.41) is 20.7. The molecular formula is C16H14N2O2. The van der Waals surface area contributed by atoms with E-state index in [0.29, 0.717) is 24.1 Å². The zero-order valence-electron chi connectivity index (χ0n) is 10.8. The van der Waals surface area contributed by atoms with Crippen LogP contribution in [0.15, 0.2) is 48.5 Å². The SMILES string of the molecule is N#Cc1ccc(CCC(=O)Nc2cccc(O)c2)cc1. The number of hydrogen-bond acceptors (Lipinski definition) is 3. The van der Waals surface area contributed by atoms with Gasteiger partial charge in [-0.1, -0.05) is 18.2 Å². The second kappa shape index (κ2) is 6.39. The Labute approximate surface area is 117 Å². The lowest BCUT2D eigenvalue weighted by atomic mass is 10.1. The molecule has 4 nitrogen and oxygen atoms in total. The number of aromatic hydroxyl groups is 1. The van der Waals surface area contributed by atoms with Crippen LogP contribution in [0, 0.1) is 11.3 Å². The Hall–Kier alpha value is -2.80. The first-order chi connectivity index (χ1) is 9.67. The molecule has 0 heterocycles. The molecule has 2 aromatic rings. The molecule has 4 heteroatoms. The number of benzene rings is 2. The third kappa shape index (κ3) is 3.85. The number of phenolic OH excluding ortho intramolecular Hbond substituents is 1. The molecule has 0 aliphatic carbocycles. The number of nitrogens with one attached hydrogen (secondary N) is 1. The van der Waals surface area contributed by atoms with Gasteiger partial charge in [0.2, 0.25) is 5.91 Å². The largest absolute Gasteiger partial charge is 0.508 e. The first-order valence-corrected chi connectivity index (χ1v) is 6.25. The highest BCUT2D eigenvalue weighted by molar-refractivity contribution is 5.91. The van der Waals surface area contributed by atoms with Gasteiger partial charge in [-0.2, -0.15) is 5.26 Å². The fraction of sp³-hybridized carbons (Fsp3) is 0.125. The first-order valence-electron chi connectivity index (χ1n) is 6.25. The van der Waals surface area contributed by atoms with E-state index in [0.717, 1.165) is 5.56 Å². The van der Waals surface area contributed by atoms with Crippen molar-refractivity contribution in [1.29, 1.82) is 5.26 Å². The lowest BCUT2D eigenvalue weighted by Crippen LogP contribution is -2.12. The van der Waals surface area contributed by atoms with Gasteiger partial charge in [0.15, 0.2) is 0 Å². The van der Waals surface area contributed by atoms with Gasteiger partial charge in [0.25, 0.3) is 0 Å². The molecule has 0 atom stereocenters. The van der Waals surface area contributed by atoms with Crippen LogP contribution in [-0.2, 0) is 11.2 Å². The lowest BCUT2D eigenvalue weighted by molar-refractivity contribution is -0.116. The maximum Gasteiger partial charge on any atom is 0.224 e. The number of phenols is 1. The van der Waals surface area contributed by atoms with Gasteiger partial charge in [0, 0.05) is 18.2 Å². The molecular weight excluding hydrogens is 252 g/mol. The number of anilines is 1. The van der Waals surface area contributed by atoms with E-state index in [-0.39, 0.29) is 11.7 Å². The predicted octanol–water partition coefficient (Wildman–Crippen LogP) is 2.84. The number of rotatable bonds is 4. The topological polar surface area (TPSA) is 73.1 Å². The maximum atomic E-state index is 11.8. The van der Waals surface area contributed by atoms with E-state index in [1.807, 2.05) is 12.1 Å². The van der Waals surface area contributed by atoms with E-state index in [9.17, 15) is 9.90 Å². The zero-order chi connectivity index (χ0) is 14.4. The van der Waals surface area contributed by atoms with Crippen molar-refractivity contribution in [2.75, 3.05) is 5.32 Å². The molecule has 0 saturated heterocycles. The zero-order valence-corrected chi connectivity index (χ0v) is 10.8. The van der Waals surface area contributed by atoms with Crippen LogP contribution >= 0.6 is 0 Å². The molecule has 0 radical (unpaired) electrons. The van der Waals surface area contributed by atoms with Crippen molar-refractivity contribution in [2.45, 2.75) is 12.8 Å². The summed E-state index contributed by atoms with van der Waals surface area (Å²) in [6.07, 6.45) is 0.956. The number of hydrogen-bond donors (Lipinski definition) is 2. The monoisotopic (exact) mass is 266 g/mol. The molecule has 100 valence electrons. The minimum Gasteiger partial charge on any atom is -0.508 e. The fourth-order valence-electron chi connectivity index (χ4n) is 1.81. The second-order valence-electron chi connectivity index (χ2n) is 4.41. The smallest absolute Gasteiger partial charge is 0.224 e. The molecule has 1 amide bonds. The van der Waals surface area contributed by atoms with Crippen LogP contribution in [0.25, 0.3) is 0 Å². The Morgan fingerprint density at radius 3 is 2.60 bits per heavy atom. The summed E-state index contributed by atoms with van der Waals surface area (Å²) in [5.74, 6) is 0.00912. The van der Waals surface area contributed by atoms with Gasteiger partial charge in [0.1, 0.15) is 5.75 Å². The van der Waals surface area contributed by atoms with Crippen molar-refractivity contribution in [3.63, 3.8) is 0 Å². The van der Waals surface area contributed by atoms with Crippen molar-refractivity contribution in [1.82, 2.24) is 0 Å². The molecule has 20 heavy (non-hydrogen) atoms. The van der Waals surface area contributed by atoms with Crippen LogP contribution in [-0.4, -0.2) is 11.0 Å². The minimum atomic E-state index is -0.111. The summed E-state index contributed by atoms with van der Waals surface area (Å²) in [4.78, 5) is 11.8. The van der Waals surface area contributed by atoms with Crippen LogP contribution in [0.4, 0.5) is 5.69 Å². The number of nitrogens with zero attached hydrogens (tertiary/aromatic N) is 1. The van der Waals surface area contributed by atoms with Crippen LogP contribution in [0.2, 0.25) is 0 Å². The van der Waals surface area contributed by atoms with E-state index in [1.165, 1.54) is 6.07 Å². The third-order valence-electron chi connectivity index (χ3n) is 2.85. The van der Waals surface area contributed by atoms with Crippen LogP contribution in [0.1, 0.15) is 17.5 Å². The van der Waals surface area contributed by atoms with Gasteiger partial charge in [-0.15, -0.1) is 0 Å². The molecule has 2 rings (SSSR count). The van der Waals surface area contributed by atoms with Gasteiger partial charge >= 0.3 is 0 Å². The van der Waals surface area contributed by atoms with Crippen LogP contribution in [0.3, 0.4) is 0 Å². The Balaban J connectivity index is 1.87. The first kappa shape index (κ1) is 13.6. The number of aryl methyl sites for hydroxylation is 1. The standard InChI is InChI=1S/C16H14N2O2/c17-11-13-6-4-12(5-7-13)8-9-16(20)18-14-2-1-3-15(19)10-14/h1-7,10,19H,8-9H2,(H,18,20). The highest BCUT2D eigenvalue weighted by atomic mass is 16.3. The Morgan fingerprint density at radius 1 is 1.20 bits per heavy atom. The number of amides is 1. The number of carbonyl (C=O) groups is 1. The second-order valence-corrected chi connectivity index (χ2v) is 4.41. The predicted molar refractivity (Wildman–Crippen MR) is 76.2 cm³/mol. The summed E-state index contributed by atoms with van der Waals surface area (Å²) in [6, 6.07) is 15.7. The van der Waals surface area contributed by atoms with Gasteiger partial charge in [-0.3, -0.25) is 4.79 Å². The van der Waals surface area contributed by atoms with Crippen molar-refractivity contribution in [3.05, 3.63) is 59.7 Å². The summed E-state index contributed by atoms with van der Waals surface area (Å²) in [6.45, 7) is 0. The molecule has 0 aliphatic rings. The molecule has 0 bridgehead atoms. The summed E-state index contributed by atoms with van der Waals surface area (Å²) in [5.41, 5.74) is 2.20. The van der Waals surface area contributed by atoms with Gasteiger partial charge in [0.05, 0.1) is 11.6 Å². The summed E-state index contributed by atoms with van der Waals surface area (Å²) in [7, 11) is 0. The molecule has 0 fully saturated rings. The molecule has 2 N–H and O–H groups in total. The summed E-state index contributed by atoms with van der Waals surface area (Å²) < 4.78 is 0. The molecule has 0 aliphatic heterocycles. The van der Waals surface area contributed by atoms with E-state index in [4.69, 9.17) is 5.26 Å². The van der Waals surface area contributed by atoms with E-state index in [2.05, 4.69) is 11.4 Å². The minimum absolute atomic E-state index is 0.111. The molecule has 0 spiro atoms. The van der Waals surface area contributed by atoms with Crippen LogP contribution < -0.4 is 5.32 Å². The van der Waals surface area contributed by atoms with Crippen molar-refractivity contribution in [2.24, 2.45) is 0 Å². The van der Waals surface area contributed by atoms with Gasteiger partial charge in [-0.25, -0.2) is 0 Å². The average molecular weight is 266 g/mol. The molecule has 2 aromatic carbocycles. The van der Waals surface area contributed by atoms with E-state index in [1.54, 1.807) is 30.3 Å². The fourth-order valence-corrected chi connectivity index (χ4v) is 1.81. The highest BCUT2D eigenvalue weighted by Crippen LogP contribution is 2.15. The van der Waals surface area contributed by atoms with Gasteiger partial charge < -0.3 is 10.4 Å². The third-order valence-corrected chi connectivity index (χ3v) is 2.85. The molecule has 0 aromatic heterocycles. The quantitative estimate of drug-likeness (QED) is 0.893. The van der Waals surface area contributed by atoms with Crippen LogP contribution in [0.5, 0.6) is 5.75 Å². The van der Waals surface area contributed by atoms with Crippen molar-refractivity contribution in [3.8, 4) is 11.8 Å². The van der Waals surface area contributed by atoms with Gasteiger partial charge in [-0.05, 0) is 36.2 Å². The summed E-state index contributed by atoms with van der Waals surface area (Å²) >= 11 is 0. The normalized spacial score (nSPS) is 9.75. The Bertz CT molecular complexity index is 642. The van der Waals surface area contributed by atoms with Crippen molar-refractivity contribution >= 4 is 11.6 Å². The van der Waals surface area contributed by atoms with E-state index < -0.39 is 0 Å². The van der Waals surface area contributed by atoms with E-state index >= 15 is 0 Å². The van der Waals surface area contributed by atoms with Crippen molar-refractivity contribution < 1.29 is 9.90 Å². The molecule has 0 unspecified atom stereocenters. The Morgan fingerprint density at radius 2 is 1.95 bits per heavy atom. The number of nitriles is 1. The highest BCUT2D eigenvalue weighted by Gasteiger charge is 2.04. The lowest BCUT2D eigenvalue weighted by Gasteiger charge is -2.05. The number of carbonyl (C=O) groups excluding carboxylic acids is 1.